The highest BCUT2D eigenvalue weighted by Crippen LogP contribution is 2.24. The molecule has 0 aromatic heterocycles. The van der Waals surface area contributed by atoms with Crippen LogP contribution in [0.3, 0.4) is 0 Å². The predicted octanol–water partition coefficient (Wildman–Crippen LogP) is 5.29. The van der Waals surface area contributed by atoms with E-state index in [9.17, 15) is 9.59 Å². The first kappa shape index (κ1) is 22.2. The summed E-state index contributed by atoms with van der Waals surface area (Å²) >= 11 is 0. The molecule has 0 bridgehead atoms. The summed E-state index contributed by atoms with van der Waals surface area (Å²) in [5.74, 6) is -0.682. The fourth-order valence-electron chi connectivity index (χ4n) is 2.85. The van der Waals surface area contributed by atoms with Crippen LogP contribution in [-0.4, -0.2) is 17.5 Å². The Morgan fingerprint density at radius 2 is 1.54 bits per heavy atom. The Balaban J connectivity index is 2.55. The lowest BCUT2D eigenvalue weighted by atomic mass is 9.91. The summed E-state index contributed by atoms with van der Waals surface area (Å²) in [6.07, 6.45) is 3.71. The average Bonchev–Trinajstić information content (AvgIpc) is 2.58. The SMILES string of the molecule is CCCC(CCC(CC)C(=O)OCc1ccccc1)C(=O)OC(C)(C)C. The third-order valence-electron chi connectivity index (χ3n) is 4.29. The maximum Gasteiger partial charge on any atom is 0.309 e. The van der Waals surface area contributed by atoms with E-state index in [0.29, 0.717) is 25.9 Å². The van der Waals surface area contributed by atoms with Crippen LogP contribution < -0.4 is 0 Å². The second kappa shape index (κ2) is 11.0. The lowest BCUT2D eigenvalue weighted by molar-refractivity contribution is -0.161. The van der Waals surface area contributed by atoms with Gasteiger partial charge in [0.15, 0.2) is 0 Å². The second-order valence-corrected chi connectivity index (χ2v) is 7.79. The quantitative estimate of drug-likeness (QED) is 0.530. The van der Waals surface area contributed by atoms with Crippen LogP contribution in [0.2, 0.25) is 0 Å². The third kappa shape index (κ3) is 8.50. The normalized spacial score (nSPS) is 13.7. The summed E-state index contributed by atoms with van der Waals surface area (Å²) in [7, 11) is 0. The van der Waals surface area contributed by atoms with Gasteiger partial charge in [0.2, 0.25) is 0 Å². The highest BCUT2D eigenvalue weighted by molar-refractivity contribution is 5.74. The van der Waals surface area contributed by atoms with Gasteiger partial charge in [0.25, 0.3) is 0 Å². The minimum atomic E-state index is -0.484. The zero-order valence-electron chi connectivity index (χ0n) is 16.9. The van der Waals surface area contributed by atoms with Crippen LogP contribution in [0.4, 0.5) is 0 Å². The Kier molecular flexibility index (Phi) is 9.39. The number of hydrogen-bond donors (Lipinski definition) is 0. The van der Waals surface area contributed by atoms with Gasteiger partial charge in [-0.25, -0.2) is 0 Å². The Morgan fingerprint density at radius 3 is 2.08 bits per heavy atom. The van der Waals surface area contributed by atoms with Gasteiger partial charge in [-0.2, -0.15) is 0 Å². The van der Waals surface area contributed by atoms with E-state index in [0.717, 1.165) is 18.4 Å². The predicted molar refractivity (Wildman–Crippen MR) is 103 cm³/mol. The standard InChI is InChI=1S/C22H34O4/c1-6-11-19(21(24)26-22(3,4)5)15-14-18(7-2)20(23)25-16-17-12-9-8-10-13-17/h8-10,12-13,18-19H,6-7,11,14-16H2,1-5H3. The van der Waals surface area contributed by atoms with Crippen molar-refractivity contribution >= 4 is 11.9 Å². The summed E-state index contributed by atoms with van der Waals surface area (Å²) < 4.78 is 11.0. The summed E-state index contributed by atoms with van der Waals surface area (Å²) in [6, 6.07) is 9.67. The molecule has 0 aliphatic rings. The maximum atomic E-state index is 12.4. The molecule has 4 nitrogen and oxygen atoms in total. The molecule has 2 atom stereocenters. The van der Waals surface area contributed by atoms with Gasteiger partial charge in [-0.3, -0.25) is 9.59 Å². The fraction of sp³-hybridized carbons (Fsp3) is 0.636. The number of hydrogen-bond acceptors (Lipinski definition) is 4. The van der Waals surface area contributed by atoms with Gasteiger partial charge in [-0.15, -0.1) is 0 Å². The van der Waals surface area contributed by atoms with Crippen LogP contribution in [0.1, 0.15) is 72.3 Å². The number of carbonyl (C=O) groups excluding carboxylic acids is 2. The molecule has 1 aromatic carbocycles. The van der Waals surface area contributed by atoms with Gasteiger partial charge in [-0.1, -0.05) is 50.6 Å². The molecule has 0 spiro atoms. The smallest absolute Gasteiger partial charge is 0.309 e. The van der Waals surface area contributed by atoms with Gasteiger partial charge in [0.05, 0.1) is 11.8 Å². The molecular weight excluding hydrogens is 328 g/mol. The summed E-state index contributed by atoms with van der Waals surface area (Å²) in [5.41, 5.74) is 0.496. The van der Waals surface area contributed by atoms with Crippen molar-refractivity contribution in [1.29, 1.82) is 0 Å². The van der Waals surface area contributed by atoms with E-state index in [1.807, 2.05) is 58.0 Å². The highest BCUT2D eigenvalue weighted by Gasteiger charge is 2.27. The number of carbonyl (C=O) groups is 2. The summed E-state index contributed by atoms with van der Waals surface area (Å²) in [5, 5.41) is 0. The topological polar surface area (TPSA) is 52.6 Å². The van der Waals surface area contributed by atoms with Crippen LogP contribution in [0.15, 0.2) is 30.3 Å². The van der Waals surface area contributed by atoms with Crippen LogP contribution in [0, 0.1) is 11.8 Å². The second-order valence-electron chi connectivity index (χ2n) is 7.79. The molecule has 4 heteroatoms. The molecule has 1 rings (SSSR count). The first-order valence-corrected chi connectivity index (χ1v) is 9.70. The number of ether oxygens (including phenoxy) is 2. The van der Waals surface area contributed by atoms with E-state index in [-0.39, 0.29) is 23.8 Å². The largest absolute Gasteiger partial charge is 0.461 e. The van der Waals surface area contributed by atoms with E-state index in [2.05, 4.69) is 6.92 Å². The van der Waals surface area contributed by atoms with Gasteiger partial charge >= 0.3 is 11.9 Å². The summed E-state index contributed by atoms with van der Waals surface area (Å²) in [6.45, 7) is 9.97. The molecule has 0 aliphatic carbocycles. The fourth-order valence-corrected chi connectivity index (χ4v) is 2.85. The first-order chi connectivity index (χ1) is 12.3. The molecule has 2 unspecified atom stereocenters. The molecule has 26 heavy (non-hydrogen) atoms. The van der Waals surface area contributed by atoms with Crippen molar-refractivity contribution in [2.45, 2.75) is 78.9 Å². The number of esters is 2. The van der Waals surface area contributed by atoms with Gasteiger partial charge in [0, 0.05) is 0 Å². The van der Waals surface area contributed by atoms with E-state index in [1.165, 1.54) is 0 Å². The number of benzene rings is 1. The van der Waals surface area contributed by atoms with Crippen molar-refractivity contribution in [2.24, 2.45) is 11.8 Å². The van der Waals surface area contributed by atoms with E-state index in [4.69, 9.17) is 9.47 Å². The van der Waals surface area contributed by atoms with E-state index < -0.39 is 5.60 Å². The third-order valence-corrected chi connectivity index (χ3v) is 4.29. The van der Waals surface area contributed by atoms with Crippen LogP contribution >= 0.6 is 0 Å². The van der Waals surface area contributed by atoms with Gasteiger partial charge in [-0.05, 0) is 52.0 Å². The molecule has 0 saturated heterocycles. The summed E-state index contributed by atoms with van der Waals surface area (Å²) in [4.78, 5) is 24.8. The molecule has 0 saturated carbocycles. The first-order valence-electron chi connectivity index (χ1n) is 9.70. The highest BCUT2D eigenvalue weighted by atomic mass is 16.6. The van der Waals surface area contributed by atoms with Crippen LogP contribution in [-0.2, 0) is 25.7 Å². The minimum Gasteiger partial charge on any atom is -0.461 e. The molecular formula is C22H34O4. The number of rotatable bonds is 10. The molecule has 1 aromatic rings. The van der Waals surface area contributed by atoms with Crippen molar-refractivity contribution in [3.05, 3.63) is 35.9 Å². The molecule has 0 radical (unpaired) electrons. The molecule has 0 aliphatic heterocycles. The van der Waals surface area contributed by atoms with Crippen LogP contribution in [0.25, 0.3) is 0 Å². The zero-order valence-corrected chi connectivity index (χ0v) is 16.9. The maximum absolute atomic E-state index is 12.4. The van der Waals surface area contributed by atoms with Crippen molar-refractivity contribution < 1.29 is 19.1 Å². The van der Waals surface area contributed by atoms with Crippen molar-refractivity contribution in [3.63, 3.8) is 0 Å². The monoisotopic (exact) mass is 362 g/mol. The van der Waals surface area contributed by atoms with Crippen molar-refractivity contribution in [2.75, 3.05) is 0 Å². The molecule has 0 fully saturated rings. The van der Waals surface area contributed by atoms with E-state index in [1.54, 1.807) is 0 Å². The minimum absolute atomic E-state index is 0.157. The van der Waals surface area contributed by atoms with Gasteiger partial charge in [0.1, 0.15) is 12.2 Å². The zero-order chi connectivity index (χ0) is 19.6. The van der Waals surface area contributed by atoms with Crippen LogP contribution in [0.5, 0.6) is 0 Å². The van der Waals surface area contributed by atoms with E-state index >= 15 is 0 Å². The molecule has 0 amide bonds. The van der Waals surface area contributed by atoms with Gasteiger partial charge < -0.3 is 9.47 Å². The Morgan fingerprint density at radius 1 is 0.923 bits per heavy atom. The average molecular weight is 363 g/mol. The Labute approximate surface area is 158 Å². The Hall–Kier alpha value is -1.84. The van der Waals surface area contributed by atoms with Crippen molar-refractivity contribution in [1.82, 2.24) is 0 Å². The molecule has 146 valence electrons. The van der Waals surface area contributed by atoms with Crippen molar-refractivity contribution in [3.8, 4) is 0 Å². The molecule has 0 heterocycles. The lowest BCUT2D eigenvalue weighted by Gasteiger charge is -2.24. The molecule has 0 N–H and O–H groups in total. The lowest BCUT2D eigenvalue weighted by Crippen LogP contribution is -2.29. The Bertz CT molecular complexity index is 545.